The summed E-state index contributed by atoms with van der Waals surface area (Å²) in [5.41, 5.74) is 0.946. The number of thioether (sulfide) groups is 1. The van der Waals surface area contributed by atoms with Gasteiger partial charge in [0.2, 0.25) is 0 Å². The van der Waals surface area contributed by atoms with Crippen molar-refractivity contribution in [2.24, 2.45) is 0 Å². The first kappa shape index (κ1) is 18.6. The van der Waals surface area contributed by atoms with Crippen LogP contribution in [-0.2, 0) is 15.3 Å². The molecule has 0 unspecified atom stereocenters. The van der Waals surface area contributed by atoms with Crippen LogP contribution in [0.4, 0.5) is 5.69 Å². The highest BCUT2D eigenvalue weighted by Crippen LogP contribution is 2.41. The number of imide groups is 1. The fourth-order valence-corrected chi connectivity index (χ4v) is 4.77. The van der Waals surface area contributed by atoms with Crippen LogP contribution in [0.15, 0.2) is 69.5 Å². The molecule has 1 aliphatic rings. The molecule has 142 valence electrons. The van der Waals surface area contributed by atoms with E-state index in [0.717, 1.165) is 10.6 Å². The quantitative estimate of drug-likeness (QED) is 0.515. The van der Waals surface area contributed by atoms with Crippen molar-refractivity contribution in [3.8, 4) is 5.75 Å². The summed E-state index contributed by atoms with van der Waals surface area (Å²) in [6, 6.07) is 14.4. The van der Waals surface area contributed by atoms with Gasteiger partial charge in [-0.1, -0.05) is 12.1 Å². The van der Waals surface area contributed by atoms with E-state index in [1.807, 2.05) is 30.5 Å². The third kappa shape index (κ3) is 3.50. The van der Waals surface area contributed by atoms with Crippen LogP contribution >= 0.6 is 23.1 Å². The van der Waals surface area contributed by atoms with E-state index in [9.17, 15) is 9.59 Å². The predicted octanol–water partition coefficient (Wildman–Crippen LogP) is 4.96. The van der Waals surface area contributed by atoms with Crippen molar-refractivity contribution in [1.29, 1.82) is 0 Å². The molecule has 0 N–H and O–H groups in total. The molecule has 0 atom stereocenters. The van der Waals surface area contributed by atoms with E-state index in [4.69, 9.17) is 9.15 Å². The van der Waals surface area contributed by atoms with Gasteiger partial charge < -0.3 is 9.15 Å². The summed E-state index contributed by atoms with van der Waals surface area (Å²) < 4.78 is 10.9. The lowest BCUT2D eigenvalue weighted by Gasteiger charge is -2.16. The molecule has 2 aromatic heterocycles. The molecule has 7 heteroatoms. The van der Waals surface area contributed by atoms with E-state index in [0.29, 0.717) is 34.3 Å². The molecule has 0 saturated heterocycles. The highest BCUT2D eigenvalue weighted by molar-refractivity contribution is 8.03. The molecule has 3 aromatic rings. The van der Waals surface area contributed by atoms with Crippen molar-refractivity contribution < 1.29 is 18.7 Å². The van der Waals surface area contributed by atoms with Crippen molar-refractivity contribution in [3.05, 3.63) is 75.7 Å². The zero-order chi connectivity index (χ0) is 19.5. The average molecular weight is 412 g/mol. The molecule has 28 heavy (non-hydrogen) atoms. The van der Waals surface area contributed by atoms with Gasteiger partial charge in [0.25, 0.3) is 11.8 Å². The highest BCUT2D eigenvalue weighted by atomic mass is 32.2. The van der Waals surface area contributed by atoms with Crippen molar-refractivity contribution in [2.75, 3.05) is 11.5 Å². The molecule has 0 aliphatic carbocycles. The van der Waals surface area contributed by atoms with Crippen LogP contribution in [0.3, 0.4) is 0 Å². The standard InChI is InChI=1S/C21H17NO4S2/c1-2-25-15-7-3-6-14(12-15)22-20(23)18(17-9-5-11-27-17)19(21(22)24)28-13-16-8-4-10-26-16/h3-12H,2,13H2,1H3. The van der Waals surface area contributed by atoms with E-state index in [-0.39, 0.29) is 11.8 Å². The first-order valence-electron chi connectivity index (χ1n) is 8.74. The van der Waals surface area contributed by atoms with Gasteiger partial charge in [-0.3, -0.25) is 9.59 Å². The molecule has 0 spiro atoms. The molecule has 0 bridgehead atoms. The lowest BCUT2D eigenvalue weighted by molar-refractivity contribution is -0.119. The average Bonchev–Trinajstić information content (AvgIpc) is 3.42. The first-order valence-corrected chi connectivity index (χ1v) is 10.6. The maximum Gasteiger partial charge on any atom is 0.272 e. The second-order valence-corrected chi connectivity index (χ2v) is 7.86. The number of nitrogens with zero attached hydrogens (tertiary/aromatic N) is 1. The number of amides is 2. The lowest BCUT2D eigenvalue weighted by atomic mass is 10.2. The molecule has 1 aromatic carbocycles. The van der Waals surface area contributed by atoms with E-state index in [1.165, 1.54) is 28.0 Å². The second kappa shape index (κ2) is 8.08. The van der Waals surface area contributed by atoms with Crippen molar-refractivity contribution >= 4 is 46.2 Å². The van der Waals surface area contributed by atoms with Crippen molar-refractivity contribution in [3.63, 3.8) is 0 Å². The Balaban J connectivity index is 1.70. The van der Waals surface area contributed by atoms with Crippen LogP contribution in [0.5, 0.6) is 5.75 Å². The van der Waals surface area contributed by atoms with E-state index in [2.05, 4.69) is 0 Å². The highest BCUT2D eigenvalue weighted by Gasteiger charge is 2.40. The van der Waals surface area contributed by atoms with Crippen LogP contribution < -0.4 is 9.64 Å². The van der Waals surface area contributed by atoms with Crippen molar-refractivity contribution in [1.82, 2.24) is 0 Å². The SMILES string of the molecule is CCOc1cccc(N2C(=O)C(SCc3ccco3)=C(c3cccs3)C2=O)c1. The number of hydrogen-bond acceptors (Lipinski definition) is 6. The number of ether oxygens (including phenoxy) is 1. The Morgan fingerprint density at radius 2 is 2.00 bits per heavy atom. The van der Waals surface area contributed by atoms with Crippen LogP contribution in [0.1, 0.15) is 17.6 Å². The minimum absolute atomic E-state index is 0.317. The molecule has 0 saturated carbocycles. The van der Waals surface area contributed by atoms with Crippen LogP contribution in [0, 0.1) is 0 Å². The van der Waals surface area contributed by atoms with Crippen LogP contribution in [-0.4, -0.2) is 18.4 Å². The molecular weight excluding hydrogens is 394 g/mol. The molecule has 0 fully saturated rings. The summed E-state index contributed by atoms with van der Waals surface area (Å²) in [6.07, 6.45) is 1.59. The maximum atomic E-state index is 13.2. The summed E-state index contributed by atoms with van der Waals surface area (Å²) in [5, 5.41) is 1.90. The fraction of sp³-hybridized carbons (Fsp3) is 0.143. The Hall–Kier alpha value is -2.77. The Kier molecular flexibility index (Phi) is 5.36. The number of rotatable bonds is 7. The molecule has 0 radical (unpaired) electrons. The third-order valence-corrected chi connectivity index (χ3v) is 6.12. The summed E-state index contributed by atoms with van der Waals surface area (Å²) in [5.74, 6) is 1.21. The predicted molar refractivity (Wildman–Crippen MR) is 111 cm³/mol. The minimum atomic E-state index is -0.321. The molecule has 4 rings (SSSR count). The number of benzene rings is 1. The number of thiophene rings is 1. The van der Waals surface area contributed by atoms with Gasteiger partial charge in [-0.25, -0.2) is 4.90 Å². The summed E-state index contributed by atoms with van der Waals surface area (Å²) in [7, 11) is 0. The summed E-state index contributed by atoms with van der Waals surface area (Å²) >= 11 is 2.76. The fourth-order valence-electron chi connectivity index (χ4n) is 2.93. The Morgan fingerprint density at radius 3 is 2.71 bits per heavy atom. The maximum absolute atomic E-state index is 13.2. The zero-order valence-electron chi connectivity index (χ0n) is 15.1. The Bertz CT molecular complexity index is 1020. The lowest BCUT2D eigenvalue weighted by Crippen LogP contribution is -2.31. The summed E-state index contributed by atoms with van der Waals surface area (Å²) in [4.78, 5) is 28.9. The third-order valence-electron chi connectivity index (χ3n) is 4.13. The van der Waals surface area contributed by atoms with Gasteiger partial charge in [0.15, 0.2) is 0 Å². The number of carbonyl (C=O) groups excluding carboxylic acids is 2. The number of anilines is 1. The molecule has 5 nitrogen and oxygen atoms in total. The minimum Gasteiger partial charge on any atom is -0.494 e. The smallest absolute Gasteiger partial charge is 0.272 e. The number of hydrogen-bond donors (Lipinski definition) is 0. The van der Waals surface area contributed by atoms with Crippen LogP contribution in [0.25, 0.3) is 5.57 Å². The second-order valence-electron chi connectivity index (χ2n) is 5.93. The number of furan rings is 1. The molecule has 1 aliphatic heterocycles. The molecule has 2 amide bonds. The van der Waals surface area contributed by atoms with Crippen molar-refractivity contribution in [2.45, 2.75) is 12.7 Å². The largest absolute Gasteiger partial charge is 0.494 e. The monoisotopic (exact) mass is 411 g/mol. The first-order chi connectivity index (χ1) is 13.7. The Labute approximate surface area is 170 Å². The van der Waals surface area contributed by atoms with Gasteiger partial charge >= 0.3 is 0 Å². The topological polar surface area (TPSA) is 59.8 Å². The number of carbonyl (C=O) groups is 2. The normalized spacial score (nSPS) is 14.2. The van der Waals surface area contributed by atoms with Gasteiger partial charge in [-0.2, -0.15) is 0 Å². The Morgan fingerprint density at radius 1 is 1.11 bits per heavy atom. The van der Waals surface area contributed by atoms with Gasteiger partial charge in [-0.05, 0) is 42.6 Å². The van der Waals surface area contributed by atoms with Gasteiger partial charge in [0.05, 0.1) is 34.8 Å². The van der Waals surface area contributed by atoms with Gasteiger partial charge in [0.1, 0.15) is 11.5 Å². The summed E-state index contributed by atoms with van der Waals surface area (Å²) in [6.45, 7) is 2.40. The molecule has 3 heterocycles. The van der Waals surface area contributed by atoms with Crippen LogP contribution in [0.2, 0.25) is 0 Å². The zero-order valence-corrected chi connectivity index (χ0v) is 16.7. The van der Waals surface area contributed by atoms with Gasteiger partial charge in [-0.15, -0.1) is 23.1 Å². The van der Waals surface area contributed by atoms with E-state index < -0.39 is 0 Å². The van der Waals surface area contributed by atoms with E-state index in [1.54, 1.807) is 36.6 Å². The molecular formula is C21H17NO4S2. The van der Waals surface area contributed by atoms with Gasteiger partial charge in [0, 0.05) is 10.9 Å². The van der Waals surface area contributed by atoms with E-state index >= 15 is 0 Å².